The molecule has 0 unspecified atom stereocenters. The first-order chi connectivity index (χ1) is 19.8. The van der Waals surface area contributed by atoms with Gasteiger partial charge in [-0.05, 0) is 59.5 Å². The van der Waals surface area contributed by atoms with Crippen LogP contribution in [0.25, 0.3) is 10.8 Å². The zero-order chi connectivity index (χ0) is 31.9. The Labute approximate surface area is 331 Å². The van der Waals surface area contributed by atoms with Crippen LogP contribution >= 0.6 is 11.6 Å². The third-order valence-electron chi connectivity index (χ3n) is 5.22. The number of amides is 2. The maximum atomic E-state index is 12.2. The monoisotopic (exact) mass is 742 g/mol. The van der Waals surface area contributed by atoms with Crippen molar-refractivity contribution in [1.82, 2.24) is 15.0 Å². The molecule has 0 atom stereocenters. The molecule has 1 heterocycles. The maximum Gasteiger partial charge on any atom is 1.00 e. The summed E-state index contributed by atoms with van der Waals surface area (Å²) in [4.78, 5) is 19.9. The Morgan fingerprint density at radius 1 is 0.783 bits per heavy atom. The molecule has 4 aromatic rings. The molecule has 46 heavy (non-hydrogen) atoms. The second-order valence-corrected chi connectivity index (χ2v) is 12.8. The first-order valence-corrected chi connectivity index (χ1v) is 15.6. The zero-order valence-corrected chi connectivity index (χ0v) is 32.9. The molecule has 0 aliphatic carbocycles. The van der Waals surface area contributed by atoms with Gasteiger partial charge in [0.2, 0.25) is 17.2 Å². The largest absolute Gasteiger partial charge is 1.00 e. The third-order valence-corrected chi connectivity index (χ3v) is 8.00. The topological polar surface area (TPSA) is 320 Å². The number of fused-ring (bicyclic) bond motifs is 1. The normalized spacial score (nSPS) is 11.7. The van der Waals surface area contributed by atoms with E-state index in [9.17, 15) is 43.7 Å². The first kappa shape index (κ1) is 42.4. The minimum Gasteiger partial charge on any atom is -0.368 e. The molecule has 0 spiro atoms. The minimum absolute atomic E-state index is 0. The van der Waals surface area contributed by atoms with Crippen molar-refractivity contribution in [3.8, 4) is 0 Å². The molecule has 2 amide bonds. The molecule has 0 saturated heterocycles. The smallest absolute Gasteiger partial charge is 0.368 e. The molecule has 0 saturated carbocycles. The van der Waals surface area contributed by atoms with Gasteiger partial charge in [-0.1, -0.05) is 0 Å². The second kappa shape index (κ2) is 16.2. The van der Waals surface area contributed by atoms with E-state index in [4.69, 9.17) is 23.1 Å². The number of anilines is 4. The Hall–Kier alpha value is -1.58. The maximum absolute atomic E-state index is 12.2. The van der Waals surface area contributed by atoms with Gasteiger partial charge in [-0.2, -0.15) is 40.2 Å². The molecule has 0 aliphatic rings. The van der Waals surface area contributed by atoms with E-state index >= 15 is 0 Å². The summed E-state index contributed by atoms with van der Waals surface area (Å²) in [5, 5.41) is 11.5. The molecule has 226 valence electrons. The Bertz CT molecular complexity index is 2170. The van der Waals surface area contributed by atoms with Gasteiger partial charge in [-0.25, -0.2) is 4.79 Å². The number of nitrogen functional groups attached to an aromatic ring is 1. The quantitative estimate of drug-likeness (QED) is 0.0502. The van der Waals surface area contributed by atoms with Gasteiger partial charge in [0.1, 0.15) is 21.2 Å². The molecule has 26 heteroatoms. The number of azo groups is 1. The van der Waals surface area contributed by atoms with E-state index in [0.29, 0.717) is 18.2 Å². The van der Waals surface area contributed by atoms with Gasteiger partial charge in [0, 0.05) is 11.1 Å². The van der Waals surface area contributed by atoms with E-state index in [-0.39, 0.29) is 123 Å². The van der Waals surface area contributed by atoms with Crippen LogP contribution in [0.5, 0.6) is 0 Å². The van der Waals surface area contributed by atoms with Crippen LogP contribution in [0.2, 0.25) is 5.28 Å². The summed E-state index contributed by atoms with van der Waals surface area (Å²) in [6, 6.07) is 5.42. The fraction of sp³-hybridized carbons (Fsp3) is 0. The molecule has 1 aromatic heterocycles. The fourth-order valence-corrected chi connectivity index (χ4v) is 5.71. The second-order valence-electron chi connectivity index (χ2n) is 8.22. The number of aromatic nitrogens is 3. The molecular formula is C20H16ClN9Na3O10S3+3. The summed E-state index contributed by atoms with van der Waals surface area (Å²) in [6.45, 7) is 0. The number of nitrogens with zero attached hydrogens (tertiary/aromatic N) is 5. The van der Waals surface area contributed by atoms with Crippen molar-refractivity contribution < 1.29 is 132 Å². The van der Waals surface area contributed by atoms with Crippen LogP contribution in [-0.4, -0.2) is 59.9 Å². The standard InChI is InChI=1S/C20H16ClN9O10S3.3Na/c21-17-26-18(22)28-20(27-17)24-9-1-2-12(13(5-9)25-19(23)31)29-30-14-7-11-8(4-16(14)43(38,39)40)3-10(41(32,33)34)6-15(11)42(35,36)37;;;/h1-7H,(H3,23,25,31)(H,32,33,34)(H,35,36,37)(H,38,39,40)(H3,22,24,26,27,28);;;/q;3*+1. The summed E-state index contributed by atoms with van der Waals surface area (Å²) in [5.41, 5.74) is 10.1. The predicted octanol–water partition coefficient (Wildman–Crippen LogP) is -6.34. The van der Waals surface area contributed by atoms with Gasteiger partial charge < -0.3 is 22.1 Å². The number of hydrogen-bond donors (Lipinski definition) is 7. The number of carbonyl (C=O) groups is 1. The number of benzene rings is 3. The third kappa shape index (κ3) is 10.7. The van der Waals surface area contributed by atoms with Crippen LogP contribution in [0.4, 0.5) is 39.4 Å². The summed E-state index contributed by atoms with van der Waals surface area (Å²) in [6.07, 6.45) is 0. The van der Waals surface area contributed by atoms with Crippen molar-refractivity contribution in [2.45, 2.75) is 14.7 Å². The first-order valence-electron chi connectivity index (χ1n) is 10.9. The zero-order valence-electron chi connectivity index (χ0n) is 23.7. The number of urea groups is 1. The van der Waals surface area contributed by atoms with Gasteiger partial charge in [-0.15, -0.1) is 10.2 Å². The van der Waals surface area contributed by atoms with Crippen molar-refractivity contribution in [2.24, 2.45) is 16.0 Å². The fourth-order valence-electron chi connectivity index (χ4n) is 3.56. The number of hydrogen-bond acceptors (Lipinski definition) is 14. The van der Waals surface area contributed by atoms with Crippen LogP contribution in [-0.2, 0) is 30.4 Å². The number of nitrogens with one attached hydrogen (secondary N) is 2. The van der Waals surface area contributed by atoms with Gasteiger partial charge in [0.05, 0.1) is 10.6 Å². The van der Waals surface area contributed by atoms with Crippen molar-refractivity contribution in [1.29, 1.82) is 0 Å². The van der Waals surface area contributed by atoms with Gasteiger partial charge in [0.15, 0.2) is 0 Å². The van der Waals surface area contributed by atoms with Gasteiger partial charge in [-0.3, -0.25) is 13.7 Å². The molecule has 19 nitrogen and oxygen atoms in total. The molecule has 0 radical (unpaired) electrons. The van der Waals surface area contributed by atoms with E-state index in [1.807, 2.05) is 0 Å². The number of rotatable bonds is 8. The van der Waals surface area contributed by atoms with Crippen LogP contribution in [0.3, 0.4) is 0 Å². The summed E-state index contributed by atoms with van der Waals surface area (Å²) in [5.74, 6) is -0.266. The SMILES string of the molecule is NC(=O)Nc1cc(Nc2nc(N)nc(Cl)n2)ccc1N=Nc1cc2c(S(=O)(=O)O)cc(S(=O)(=O)O)cc2cc1S(=O)(=O)O.[Na+].[Na+].[Na+]. The van der Waals surface area contributed by atoms with Crippen LogP contribution in [0.1, 0.15) is 0 Å². The molecule has 9 N–H and O–H groups in total. The average Bonchev–Trinajstić information content (AvgIpc) is 2.84. The number of carbonyl (C=O) groups excluding carboxylic acids is 1. The molecule has 0 fully saturated rings. The van der Waals surface area contributed by atoms with E-state index < -0.39 is 67.5 Å². The summed E-state index contributed by atoms with van der Waals surface area (Å²) < 4.78 is 100. The van der Waals surface area contributed by atoms with E-state index in [1.165, 1.54) is 18.2 Å². The summed E-state index contributed by atoms with van der Waals surface area (Å²) >= 11 is 5.76. The van der Waals surface area contributed by atoms with Crippen molar-refractivity contribution in [3.05, 3.63) is 47.7 Å². The molecule has 0 bridgehead atoms. The van der Waals surface area contributed by atoms with Crippen LogP contribution in [0.15, 0.2) is 67.4 Å². The Morgan fingerprint density at radius 3 is 1.93 bits per heavy atom. The Balaban J connectivity index is 0.00000353. The molecule has 4 rings (SSSR count). The van der Waals surface area contributed by atoms with E-state index in [2.05, 4.69) is 35.8 Å². The van der Waals surface area contributed by atoms with E-state index in [1.54, 1.807) is 0 Å². The number of primary amides is 1. The average molecular weight is 743 g/mol. The molecule has 3 aromatic carbocycles. The van der Waals surface area contributed by atoms with Crippen LogP contribution in [0, 0.1) is 0 Å². The van der Waals surface area contributed by atoms with Crippen LogP contribution < -0.4 is 111 Å². The van der Waals surface area contributed by atoms with Crippen molar-refractivity contribution in [2.75, 3.05) is 16.4 Å². The molecular weight excluding hydrogens is 727 g/mol. The number of halogens is 1. The van der Waals surface area contributed by atoms with Gasteiger partial charge in [0.25, 0.3) is 30.4 Å². The Kier molecular flexibility index (Phi) is 15.0. The predicted molar refractivity (Wildman–Crippen MR) is 150 cm³/mol. The van der Waals surface area contributed by atoms with E-state index in [0.717, 1.165) is 6.07 Å². The van der Waals surface area contributed by atoms with Crippen molar-refractivity contribution in [3.63, 3.8) is 0 Å². The minimum atomic E-state index is -5.16. The Morgan fingerprint density at radius 2 is 1.39 bits per heavy atom. The number of nitrogens with two attached hydrogens (primary N) is 2. The van der Waals surface area contributed by atoms with Crippen molar-refractivity contribution >= 4 is 93.4 Å². The van der Waals surface area contributed by atoms with Gasteiger partial charge >= 0.3 is 94.7 Å². The summed E-state index contributed by atoms with van der Waals surface area (Å²) in [7, 11) is -15.3. The molecule has 0 aliphatic heterocycles.